The van der Waals surface area contributed by atoms with Crippen molar-refractivity contribution in [2.24, 2.45) is 5.92 Å². The number of ketones is 1. The highest BCUT2D eigenvalue weighted by atomic mass is 16.1. The van der Waals surface area contributed by atoms with Crippen molar-refractivity contribution in [2.45, 2.75) is 19.4 Å². The Balaban J connectivity index is 2.15. The third-order valence-corrected chi connectivity index (χ3v) is 3.19. The average molecular weight is 204 g/mol. The van der Waals surface area contributed by atoms with Gasteiger partial charge in [-0.25, -0.2) is 0 Å². The van der Waals surface area contributed by atoms with Crippen molar-refractivity contribution in [1.29, 1.82) is 0 Å². The number of Topliss-reactive ketones (excluding diaryl/α,β-unsaturated/α-hetero) is 1. The van der Waals surface area contributed by atoms with E-state index in [0.29, 0.717) is 11.8 Å². The van der Waals surface area contributed by atoms with Crippen LogP contribution in [0.2, 0.25) is 0 Å². The van der Waals surface area contributed by atoms with E-state index in [1.165, 1.54) is 5.56 Å². The van der Waals surface area contributed by atoms with E-state index in [0.717, 1.165) is 13.0 Å². The van der Waals surface area contributed by atoms with Crippen molar-refractivity contribution in [3.05, 3.63) is 30.1 Å². The van der Waals surface area contributed by atoms with E-state index < -0.39 is 0 Å². The van der Waals surface area contributed by atoms with Crippen LogP contribution in [-0.2, 0) is 4.79 Å². The maximum atomic E-state index is 11.3. The predicted molar refractivity (Wildman–Crippen MR) is 58.4 cm³/mol. The Morgan fingerprint density at radius 1 is 1.60 bits per heavy atom. The molecule has 2 heterocycles. The van der Waals surface area contributed by atoms with Crippen LogP contribution in [0.15, 0.2) is 24.5 Å². The summed E-state index contributed by atoms with van der Waals surface area (Å²) in [5.74, 6) is 0.494. The van der Waals surface area contributed by atoms with Crippen LogP contribution < -0.4 is 0 Å². The lowest BCUT2D eigenvalue weighted by Gasteiger charge is -2.18. The first kappa shape index (κ1) is 10.3. The molecule has 0 N–H and O–H groups in total. The predicted octanol–water partition coefficient (Wildman–Crippen LogP) is 1.66. The molecule has 2 atom stereocenters. The quantitative estimate of drug-likeness (QED) is 0.734. The van der Waals surface area contributed by atoms with Gasteiger partial charge in [0.1, 0.15) is 5.78 Å². The molecule has 0 saturated carbocycles. The molecule has 1 saturated heterocycles. The van der Waals surface area contributed by atoms with Crippen molar-refractivity contribution in [3.63, 3.8) is 0 Å². The Bertz CT molecular complexity index is 350. The molecule has 1 aliphatic rings. The number of carbonyl (C=O) groups excluding carboxylic acids is 1. The van der Waals surface area contributed by atoms with Crippen LogP contribution in [-0.4, -0.2) is 29.3 Å². The van der Waals surface area contributed by atoms with Gasteiger partial charge in [0.15, 0.2) is 0 Å². The fourth-order valence-electron chi connectivity index (χ4n) is 2.26. The van der Waals surface area contributed by atoms with E-state index in [9.17, 15) is 4.79 Å². The van der Waals surface area contributed by atoms with E-state index >= 15 is 0 Å². The van der Waals surface area contributed by atoms with Crippen molar-refractivity contribution in [1.82, 2.24) is 9.88 Å². The van der Waals surface area contributed by atoms with Gasteiger partial charge in [-0.3, -0.25) is 14.7 Å². The first-order valence-electron chi connectivity index (χ1n) is 5.29. The smallest absolute Gasteiger partial charge is 0.134 e. The van der Waals surface area contributed by atoms with E-state index in [1.807, 2.05) is 12.3 Å². The summed E-state index contributed by atoms with van der Waals surface area (Å²) in [6.07, 6.45) is 4.60. The van der Waals surface area contributed by atoms with Crippen molar-refractivity contribution in [2.75, 3.05) is 13.6 Å². The minimum atomic E-state index is 0.195. The minimum Gasteiger partial charge on any atom is -0.300 e. The van der Waals surface area contributed by atoms with E-state index in [4.69, 9.17) is 0 Å². The van der Waals surface area contributed by atoms with Crippen LogP contribution in [0.4, 0.5) is 0 Å². The number of likely N-dealkylation sites (tertiary alicyclic amines) is 1. The van der Waals surface area contributed by atoms with Crippen LogP contribution >= 0.6 is 0 Å². The van der Waals surface area contributed by atoms with Crippen LogP contribution in [0.5, 0.6) is 0 Å². The summed E-state index contributed by atoms with van der Waals surface area (Å²) >= 11 is 0. The van der Waals surface area contributed by atoms with Crippen molar-refractivity contribution < 1.29 is 4.79 Å². The normalized spacial score (nSPS) is 26.8. The van der Waals surface area contributed by atoms with Gasteiger partial charge in [-0.1, -0.05) is 6.07 Å². The van der Waals surface area contributed by atoms with Gasteiger partial charge in [-0.2, -0.15) is 0 Å². The van der Waals surface area contributed by atoms with E-state index in [1.54, 1.807) is 13.1 Å². The zero-order valence-electron chi connectivity index (χ0n) is 9.18. The van der Waals surface area contributed by atoms with E-state index in [2.05, 4.69) is 23.0 Å². The second-order valence-corrected chi connectivity index (χ2v) is 4.29. The van der Waals surface area contributed by atoms with Gasteiger partial charge in [0, 0.05) is 30.9 Å². The van der Waals surface area contributed by atoms with E-state index in [-0.39, 0.29) is 5.92 Å². The molecule has 0 spiro atoms. The Hall–Kier alpha value is -1.22. The Morgan fingerprint density at radius 2 is 2.40 bits per heavy atom. The molecular weight excluding hydrogens is 188 g/mol. The summed E-state index contributed by atoms with van der Waals surface area (Å²) < 4.78 is 0. The summed E-state index contributed by atoms with van der Waals surface area (Å²) in [7, 11) is 2.07. The number of hydrogen-bond donors (Lipinski definition) is 0. The molecule has 1 aliphatic heterocycles. The Morgan fingerprint density at radius 3 is 2.93 bits per heavy atom. The first-order valence-corrected chi connectivity index (χ1v) is 5.29. The van der Waals surface area contributed by atoms with Crippen LogP contribution in [0.3, 0.4) is 0 Å². The van der Waals surface area contributed by atoms with Crippen LogP contribution in [0.25, 0.3) is 0 Å². The standard InChI is InChI=1S/C12H16N2O/c1-9(15)11-6-12(14(2)8-11)10-4-3-5-13-7-10/h3-5,7,11-12H,6,8H2,1-2H3. The first-order chi connectivity index (χ1) is 7.18. The molecule has 2 rings (SSSR count). The highest BCUT2D eigenvalue weighted by Gasteiger charge is 2.32. The molecule has 0 aliphatic carbocycles. The monoisotopic (exact) mass is 204 g/mol. The van der Waals surface area contributed by atoms with Gasteiger partial charge in [0.2, 0.25) is 0 Å². The number of rotatable bonds is 2. The fraction of sp³-hybridized carbons (Fsp3) is 0.500. The molecule has 80 valence electrons. The molecule has 0 bridgehead atoms. The number of nitrogens with zero attached hydrogens (tertiary/aromatic N) is 2. The summed E-state index contributed by atoms with van der Waals surface area (Å²) in [5, 5.41) is 0. The van der Waals surface area contributed by atoms with Crippen LogP contribution in [0, 0.1) is 5.92 Å². The topological polar surface area (TPSA) is 33.2 Å². The molecular formula is C12H16N2O. The maximum absolute atomic E-state index is 11.3. The molecule has 1 aromatic heterocycles. The molecule has 0 amide bonds. The van der Waals surface area contributed by atoms with Gasteiger partial charge in [0.05, 0.1) is 0 Å². The highest BCUT2D eigenvalue weighted by Crippen LogP contribution is 2.33. The third-order valence-electron chi connectivity index (χ3n) is 3.19. The lowest BCUT2D eigenvalue weighted by Crippen LogP contribution is -2.19. The Kier molecular flexibility index (Phi) is 2.82. The second kappa shape index (κ2) is 4.11. The largest absolute Gasteiger partial charge is 0.300 e. The molecule has 3 heteroatoms. The maximum Gasteiger partial charge on any atom is 0.134 e. The number of pyridine rings is 1. The average Bonchev–Trinajstić information content (AvgIpc) is 2.62. The lowest BCUT2D eigenvalue weighted by molar-refractivity contribution is -0.120. The molecule has 1 aromatic rings. The zero-order valence-corrected chi connectivity index (χ0v) is 9.18. The fourth-order valence-corrected chi connectivity index (χ4v) is 2.26. The van der Waals surface area contributed by atoms with Crippen molar-refractivity contribution >= 4 is 5.78 Å². The zero-order chi connectivity index (χ0) is 10.8. The summed E-state index contributed by atoms with van der Waals surface area (Å²) in [4.78, 5) is 17.7. The van der Waals surface area contributed by atoms with Gasteiger partial charge in [-0.05, 0) is 32.0 Å². The SMILES string of the molecule is CC(=O)C1CC(c2cccnc2)N(C)C1. The third kappa shape index (κ3) is 2.07. The second-order valence-electron chi connectivity index (χ2n) is 4.29. The highest BCUT2D eigenvalue weighted by molar-refractivity contribution is 5.78. The summed E-state index contributed by atoms with van der Waals surface area (Å²) in [5.41, 5.74) is 1.21. The van der Waals surface area contributed by atoms with Gasteiger partial charge < -0.3 is 0 Å². The molecule has 0 radical (unpaired) electrons. The number of hydrogen-bond acceptors (Lipinski definition) is 3. The molecule has 15 heavy (non-hydrogen) atoms. The molecule has 3 nitrogen and oxygen atoms in total. The van der Waals surface area contributed by atoms with Gasteiger partial charge in [0.25, 0.3) is 0 Å². The number of carbonyl (C=O) groups is 1. The Labute approximate surface area is 90.1 Å². The van der Waals surface area contributed by atoms with Crippen LogP contribution in [0.1, 0.15) is 24.9 Å². The number of aromatic nitrogens is 1. The summed E-state index contributed by atoms with van der Waals surface area (Å²) in [6.45, 7) is 2.55. The molecule has 1 fully saturated rings. The van der Waals surface area contributed by atoms with Gasteiger partial charge >= 0.3 is 0 Å². The molecule has 2 unspecified atom stereocenters. The lowest BCUT2D eigenvalue weighted by atomic mass is 9.98. The molecule has 0 aromatic carbocycles. The minimum absolute atomic E-state index is 0.195. The van der Waals surface area contributed by atoms with Crippen molar-refractivity contribution in [3.8, 4) is 0 Å². The summed E-state index contributed by atoms with van der Waals surface area (Å²) in [6, 6.07) is 4.38. The van der Waals surface area contributed by atoms with Gasteiger partial charge in [-0.15, -0.1) is 0 Å².